The molecular weight excluding hydrogens is 315 g/mol. The zero-order valence-corrected chi connectivity index (χ0v) is 11.3. The molecule has 0 amide bonds. The standard InChI is InChI=1S/C12H7ClF3NO2S/c13-8-2-1-3-11(12(8)16)20(18,19)17-10-6-7(14)4-5-9(10)15/h1-6,17H. The van der Waals surface area contributed by atoms with E-state index in [4.69, 9.17) is 11.6 Å². The lowest BCUT2D eigenvalue weighted by atomic mass is 10.3. The van der Waals surface area contributed by atoms with Crippen LogP contribution in [0.25, 0.3) is 0 Å². The molecule has 0 spiro atoms. The Bertz CT molecular complexity index is 765. The maximum atomic E-state index is 13.7. The molecule has 106 valence electrons. The third-order valence-corrected chi connectivity index (χ3v) is 4.05. The van der Waals surface area contributed by atoms with E-state index in [2.05, 4.69) is 0 Å². The van der Waals surface area contributed by atoms with Crippen LogP contribution < -0.4 is 4.72 Å². The predicted molar refractivity (Wildman–Crippen MR) is 68.6 cm³/mol. The molecule has 0 bridgehead atoms. The lowest BCUT2D eigenvalue weighted by Gasteiger charge is -2.10. The van der Waals surface area contributed by atoms with Gasteiger partial charge in [-0.05, 0) is 24.3 Å². The number of hydrogen-bond donors (Lipinski definition) is 1. The van der Waals surface area contributed by atoms with E-state index < -0.39 is 43.1 Å². The minimum atomic E-state index is -4.42. The summed E-state index contributed by atoms with van der Waals surface area (Å²) < 4.78 is 65.7. The van der Waals surface area contributed by atoms with Crippen molar-refractivity contribution in [2.45, 2.75) is 4.90 Å². The van der Waals surface area contributed by atoms with Crippen LogP contribution >= 0.6 is 11.6 Å². The molecule has 1 N–H and O–H groups in total. The quantitative estimate of drug-likeness (QED) is 0.939. The predicted octanol–water partition coefficient (Wildman–Crippen LogP) is 3.56. The van der Waals surface area contributed by atoms with Crippen LogP contribution in [0.2, 0.25) is 5.02 Å². The molecular formula is C12H7ClF3NO2S. The summed E-state index contributed by atoms with van der Waals surface area (Å²) in [6.07, 6.45) is 0. The lowest BCUT2D eigenvalue weighted by molar-refractivity contribution is 0.569. The van der Waals surface area contributed by atoms with Crippen molar-refractivity contribution >= 4 is 27.3 Å². The fourth-order valence-electron chi connectivity index (χ4n) is 1.47. The van der Waals surface area contributed by atoms with E-state index in [0.29, 0.717) is 6.07 Å². The molecule has 0 radical (unpaired) electrons. The molecule has 0 saturated heterocycles. The van der Waals surface area contributed by atoms with E-state index in [1.165, 1.54) is 12.1 Å². The molecule has 0 aliphatic carbocycles. The van der Waals surface area contributed by atoms with Crippen molar-refractivity contribution in [3.63, 3.8) is 0 Å². The van der Waals surface area contributed by atoms with Crippen LogP contribution in [0, 0.1) is 17.5 Å². The van der Waals surface area contributed by atoms with Crippen LogP contribution in [0.4, 0.5) is 18.9 Å². The summed E-state index contributed by atoms with van der Waals surface area (Å²) in [5.41, 5.74) is -0.621. The van der Waals surface area contributed by atoms with Crippen LogP contribution in [0.3, 0.4) is 0 Å². The highest BCUT2D eigenvalue weighted by molar-refractivity contribution is 7.92. The monoisotopic (exact) mass is 321 g/mol. The summed E-state index contributed by atoms with van der Waals surface area (Å²) in [5, 5.41) is -0.396. The van der Waals surface area contributed by atoms with E-state index in [1.54, 1.807) is 4.72 Å². The molecule has 2 aromatic carbocycles. The van der Waals surface area contributed by atoms with Gasteiger partial charge in [-0.2, -0.15) is 0 Å². The molecule has 0 fully saturated rings. The first-order valence-corrected chi connectivity index (χ1v) is 7.09. The smallest absolute Gasteiger partial charge is 0.264 e. The zero-order chi connectivity index (χ0) is 14.9. The van der Waals surface area contributed by atoms with E-state index >= 15 is 0 Å². The summed E-state index contributed by atoms with van der Waals surface area (Å²) in [5.74, 6) is -2.99. The van der Waals surface area contributed by atoms with Crippen LogP contribution in [-0.4, -0.2) is 8.42 Å². The fraction of sp³-hybridized carbons (Fsp3) is 0. The Kier molecular flexibility index (Phi) is 3.92. The van der Waals surface area contributed by atoms with Crippen LogP contribution in [0.1, 0.15) is 0 Å². The van der Waals surface area contributed by atoms with Gasteiger partial charge in [0.25, 0.3) is 10.0 Å². The highest BCUT2D eigenvalue weighted by Crippen LogP contribution is 2.25. The number of nitrogens with one attached hydrogen (secondary N) is 1. The lowest BCUT2D eigenvalue weighted by Crippen LogP contribution is -2.15. The van der Waals surface area contributed by atoms with Gasteiger partial charge in [0, 0.05) is 6.07 Å². The molecule has 0 unspecified atom stereocenters. The van der Waals surface area contributed by atoms with E-state index in [1.807, 2.05) is 0 Å². The van der Waals surface area contributed by atoms with Crippen molar-refractivity contribution < 1.29 is 21.6 Å². The Morgan fingerprint density at radius 3 is 2.45 bits per heavy atom. The van der Waals surface area contributed by atoms with Gasteiger partial charge >= 0.3 is 0 Å². The molecule has 20 heavy (non-hydrogen) atoms. The molecule has 0 saturated carbocycles. The summed E-state index contributed by atoms with van der Waals surface area (Å²) in [6, 6.07) is 5.57. The number of hydrogen-bond acceptors (Lipinski definition) is 2. The minimum Gasteiger partial charge on any atom is -0.276 e. The first kappa shape index (κ1) is 14.7. The van der Waals surface area contributed by atoms with Gasteiger partial charge in [-0.3, -0.25) is 4.72 Å². The van der Waals surface area contributed by atoms with Crippen LogP contribution in [0.5, 0.6) is 0 Å². The molecule has 0 atom stereocenters. The Balaban J connectivity index is 2.46. The van der Waals surface area contributed by atoms with Crippen molar-refractivity contribution in [1.29, 1.82) is 0 Å². The summed E-state index contributed by atoms with van der Waals surface area (Å²) in [4.78, 5) is -0.756. The van der Waals surface area contributed by atoms with Gasteiger partial charge in [0.1, 0.15) is 16.5 Å². The molecule has 0 aliphatic heterocycles. The first-order chi connectivity index (χ1) is 9.31. The Morgan fingerprint density at radius 1 is 1.05 bits per heavy atom. The maximum Gasteiger partial charge on any atom is 0.264 e. The first-order valence-electron chi connectivity index (χ1n) is 5.23. The minimum absolute atomic E-state index is 0.396. The normalized spacial score (nSPS) is 11.4. The van der Waals surface area contributed by atoms with Crippen molar-refractivity contribution in [3.8, 4) is 0 Å². The second-order valence-electron chi connectivity index (χ2n) is 3.78. The van der Waals surface area contributed by atoms with Gasteiger partial charge in [0.05, 0.1) is 10.7 Å². The molecule has 0 heterocycles. The highest BCUT2D eigenvalue weighted by Gasteiger charge is 2.22. The van der Waals surface area contributed by atoms with Gasteiger partial charge in [0.15, 0.2) is 5.82 Å². The molecule has 0 aromatic heterocycles. The zero-order valence-electron chi connectivity index (χ0n) is 9.70. The third kappa shape index (κ3) is 2.88. The number of anilines is 1. The van der Waals surface area contributed by atoms with Gasteiger partial charge in [0.2, 0.25) is 0 Å². The van der Waals surface area contributed by atoms with E-state index in [0.717, 1.165) is 18.2 Å². The van der Waals surface area contributed by atoms with Crippen molar-refractivity contribution in [2.75, 3.05) is 4.72 Å². The Morgan fingerprint density at radius 2 is 1.75 bits per heavy atom. The Labute approximate surface area is 118 Å². The fourth-order valence-corrected chi connectivity index (χ4v) is 2.86. The maximum absolute atomic E-state index is 13.7. The number of rotatable bonds is 3. The molecule has 2 aromatic rings. The van der Waals surface area contributed by atoms with Crippen molar-refractivity contribution in [2.24, 2.45) is 0 Å². The van der Waals surface area contributed by atoms with Crippen molar-refractivity contribution in [3.05, 3.63) is 58.9 Å². The second kappa shape index (κ2) is 5.34. The summed E-state index contributed by atoms with van der Waals surface area (Å²) in [6.45, 7) is 0. The molecule has 8 heteroatoms. The van der Waals surface area contributed by atoms with Gasteiger partial charge in [-0.15, -0.1) is 0 Å². The van der Waals surface area contributed by atoms with Gasteiger partial charge in [-0.1, -0.05) is 17.7 Å². The largest absolute Gasteiger partial charge is 0.276 e. The SMILES string of the molecule is O=S(=O)(Nc1cc(F)ccc1F)c1cccc(Cl)c1F. The molecule has 0 aliphatic rings. The highest BCUT2D eigenvalue weighted by atomic mass is 35.5. The summed E-state index contributed by atoms with van der Waals surface area (Å²) >= 11 is 5.48. The number of sulfonamides is 1. The van der Waals surface area contributed by atoms with Crippen LogP contribution in [0.15, 0.2) is 41.3 Å². The number of halogens is 4. The van der Waals surface area contributed by atoms with Gasteiger partial charge < -0.3 is 0 Å². The average Bonchev–Trinajstić information content (AvgIpc) is 2.36. The van der Waals surface area contributed by atoms with Crippen molar-refractivity contribution in [1.82, 2.24) is 0 Å². The molecule has 3 nitrogen and oxygen atoms in total. The van der Waals surface area contributed by atoms with Crippen LogP contribution in [-0.2, 0) is 10.0 Å². The van der Waals surface area contributed by atoms with E-state index in [-0.39, 0.29) is 0 Å². The van der Waals surface area contributed by atoms with Gasteiger partial charge in [-0.25, -0.2) is 21.6 Å². The Hall–Kier alpha value is -1.73. The van der Waals surface area contributed by atoms with E-state index in [9.17, 15) is 21.6 Å². The topological polar surface area (TPSA) is 46.2 Å². The number of benzene rings is 2. The second-order valence-corrected chi connectivity index (χ2v) is 5.84. The summed E-state index contributed by atoms with van der Waals surface area (Å²) in [7, 11) is -4.42. The third-order valence-electron chi connectivity index (χ3n) is 2.38. The average molecular weight is 322 g/mol. The molecule has 2 rings (SSSR count).